The van der Waals surface area contributed by atoms with Crippen LogP contribution < -0.4 is 37.1 Å². The van der Waals surface area contributed by atoms with Gasteiger partial charge in [0.15, 0.2) is 0 Å². The van der Waals surface area contributed by atoms with Gasteiger partial charge in [-0.15, -0.1) is 0 Å². The van der Waals surface area contributed by atoms with Crippen molar-refractivity contribution in [2.24, 2.45) is 10.8 Å². The molecule has 0 spiro atoms. The van der Waals surface area contributed by atoms with Gasteiger partial charge in [0.05, 0.1) is 24.9 Å². The van der Waals surface area contributed by atoms with Gasteiger partial charge in [0.25, 0.3) is 0 Å². The fraction of sp³-hybridized carbons (Fsp3) is 0.561. The zero-order valence-electron chi connectivity index (χ0n) is 32.9. The van der Waals surface area contributed by atoms with Gasteiger partial charge in [-0.05, 0) is 82.3 Å². The van der Waals surface area contributed by atoms with E-state index in [0.717, 1.165) is 62.8 Å². The van der Waals surface area contributed by atoms with Crippen LogP contribution in [-0.4, -0.2) is 97.8 Å². The number of carbonyl (C=O) groups is 2. The van der Waals surface area contributed by atoms with Crippen LogP contribution in [0.25, 0.3) is 10.9 Å². The number of hydrogen-bond acceptors (Lipinski definition) is 14. The number of rotatable bonds is 23. The lowest BCUT2D eigenvalue weighted by Crippen LogP contribution is -2.43. The van der Waals surface area contributed by atoms with Crippen molar-refractivity contribution in [3.8, 4) is 5.75 Å². The summed E-state index contributed by atoms with van der Waals surface area (Å²) < 4.78 is 10.8. The van der Waals surface area contributed by atoms with Crippen LogP contribution in [0.1, 0.15) is 76.2 Å². The molecule has 1 saturated heterocycles. The van der Waals surface area contributed by atoms with Crippen LogP contribution in [0.3, 0.4) is 0 Å². The van der Waals surface area contributed by atoms with Crippen LogP contribution in [0, 0.1) is 5.53 Å². The Morgan fingerprint density at radius 2 is 1.75 bits per heavy atom. The molecular formula is C41H61N11O4. The van der Waals surface area contributed by atoms with E-state index in [9.17, 15) is 9.59 Å². The van der Waals surface area contributed by atoms with Crippen LogP contribution in [0.5, 0.6) is 5.75 Å². The van der Waals surface area contributed by atoms with E-state index in [4.69, 9.17) is 30.7 Å². The molecule has 1 saturated carbocycles. The summed E-state index contributed by atoms with van der Waals surface area (Å²) in [5, 5.41) is 21.9. The number of hydrogen-bond donors (Lipinski definition) is 7. The van der Waals surface area contributed by atoms with E-state index in [0.29, 0.717) is 47.9 Å². The first-order valence-corrected chi connectivity index (χ1v) is 20.3. The lowest BCUT2D eigenvalue weighted by atomic mass is 9.95. The fourth-order valence-electron chi connectivity index (χ4n) is 7.03. The van der Waals surface area contributed by atoms with Gasteiger partial charge in [-0.2, -0.15) is 10.1 Å². The number of likely N-dealkylation sites (tertiary alicyclic amines) is 1. The Hall–Kier alpha value is -4.86. The van der Waals surface area contributed by atoms with Crippen molar-refractivity contribution >= 4 is 34.5 Å². The summed E-state index contributed by atoms with van der Waals surface area (Å²) in [6, 6.07) is 15.0. The quantitative estimate of drug-likeness (QED) is 0.0384. The normalized spacial score (nSPS) is 16.0. The van der Waals surface area contributed by atoms with E-state index in [1.807, 2.05) is 53.4 Å². The van der Waals surface area contributed by atoms with E-state index in [2.05, 4.69) is 31.7 Å². The van der Waals surface area contributed by atoms with Gasteiger partial charge < -0.3 is 46.7 Å². The summed E-state index contributed by atoms with van der Waals surface area (Å²) in [4.78, 5) is 36.8. The standard InChI is InChI=1S/C41H61N11O4/c1-55-34-14-15-35-37(26-34)49-41(47-28-33(51-43)27-45-22-8-20-44-21-9-23-46-31-12-6-3-7-13-31)50-39(35)48-32-18-24-52(25-19-32)38(53)17-16-36(42)40(54)56-29-30-10-4-2-5-11-30/h2,4-5,10-11,14-15,26-27,31-32,36,43-46H,3,6-9,12-13,16-25,28-29,42H2,1H3,(H2,47,48,49,50)/b33-27-,51-43?/t36-/m0/s1. The van der Waals surface area contributed by atoms with E-state index in [1.54, 1.807) is 13.3 Å². The largest absolute Gasteiger partial charge is 0.497 e. The van der Waals surface area contributed by atoms with Crippen molar-refractivity contribution in [2.75, 3.05) is 63.6 Å². The zero-order chi connectivity index (χ0) is 39.4. The number of nitrogens with one attached hydrogen (secondary N) is 6. The molecule has 1 aromatic heterocycles. The van der Waals surface area contributed by atoms with Crippen molar-refractivity contribution in [2.45, 2.75) is 95.4 Å². The number of anilines is 2. The molecular weight excluding hydrogens is 711 g/mol. The highest BCUT2D eigenvalue weighted by atomic mass is 16.5. The maximum Gasteiger partial charge on any atom is 0.323 e. The molecule has 1 atom stereocenters. The number of methoxy groups -OCH3 is 1. The lowest BCUT2D eigenvalue weighted by molar-refractivity contribution is -0.146. The predicted molar refractivity (Wildman–Crippen MR) is 219 cm³/mol. The number of nitrogens with two attached hydrogens (primary N) is 1. The Bertz CT molecular complexity index is 1700. The van der Waals surface area contributed by atoms with Crippen molar-refractivity contribution in [3.63, 3.8) is 0 Å². The molecule has 1 aliphatic heterocycles. The summed E-state index contributed by atoms with van der Waals surface area (Å²) in [7, 11) is 1.62. The highest BCUT2D eigenvalue weighted by Gasteiger charge is 2.25. The summed E-state index contributed by atoms with van der Waals surface area (Å²) >= 11 is 0. The number of carbonyl (C=O) groups excluding carboxylic acids is 2. The summed E-state index contributed by atoms with van der Waals surface area (Å²) in [6.45, 7) is 5.36. The second-order valence-electron chi connectivity index (χ2n) is 14.6. The average molecular weight is 772 g/mol. The second kappa shape index (κ2) is 23.3. The van der Waals surface area contributed by atoms with Gasteiger partial charge in [-0.3, -0.25) is 9.59 Å². The second-order valence-corrected chi connectivity index (χ2v) is 14.6. The number of piperidine rings is 1. The fourth-order valence-corrected chi connectivity index (χ4v) is 7.03. The van der Waals surface area contributed by atoms with Gasteiger partial charge in [0.1, 0.15) is 24.2 Å². The molecule has 2 aliphatic rings. The van der Waals surface area contributed by atoms with Crippen LogP contribution in [-0.2, 0) is 20.9 Å². The molecule has 2 aromatic carbocycles. The molecule has 15 nitrogen and oxygen atoms in total. The highest BCUT2D eigenvalue weighted by molar-refractivity contribution is 5.91. The molecule has 1 aliphatic carbocycles. The number of ether oxygens (including phenoxy) is 2. The molecule has 1 amide bonds. The van der Waals surface area contributed by atoms with Gasteiger partial charge in [-0.1, -0.05) is 49.6 Å². The Labute approximate surface area is 330 Å². The first-order chi connectivity index (χ1) is 27.4. The molecule has 8 N–H and O–H groups in total. The molecule has 15 heteroatoms. The molecule has 3 aromatic rings. The number of aromatic nitrogens is 2. The van der Waals surface area contributed by atoms with E-state index < -0.39 is 12.0 Å². The lowest BCUT2D eigenvalue weighted by Gasteiger charge is -2.33. The minimum atomic E-state index is -0.854. The van der Waals surface area contributed by atoms with Crippen LogP contribution in [0.2, 0.25) is 0 Å². The third-order valence-electron chi connectivity index (χ3n) is 10.4. The SMILES string of the molecule is COc1ccc2c(NC3CCN(C(=O)CC[C@H](N)C(=O)OCc4ccccc4)CC3)nc(NC/C(=C/NCCCNCCCNC3CCCCC3)N=N)nc2c1. The van der Waals surface area contributed by atoms with E-state index >= 15 is 0 Å². The molecule has 0 bridgehead atoms. The third-order valence-corrected chi connectivity index (χ3v) is 10.4. The molecule has 0 radical (unpaired) electrons. The molecule has 5 rings (SSSR count). The Kier molecular flexibility index (Phi) is 17.6. The van der Waals surface area contributed by atoms with Crippen LogP contribution in [0.15, 0.2) is 65.5 Å². The number of fused-ring (bicyclic) bond motifs is 1. The van der Waals surface area contributed by atoms with Gasteiger partial charge in [0, 0.05) is 55.8 Å². The summed E-state index contributed by atoms with van der Waals surface area (Å²) in [5.74, 6) is 1.22. The first-order valence-electron chi connectivity index (χ1n) is 20.3. The summed E-state index contributed by atoms with van der Waals surface area (Å²) in [5.41, 5.74) is 15.9. The molecule has 304 valence electrons. The van der Waals surface area contributed by atoms with E-state index in [-0.39, 0.29) is 37.9 Å². The first kappa shape index (κ1) is 42.3. The number of esters is 1. The maximum atomic E-state index is 13.0. The van der Waals surface area contributed by atoms with Crippen molar-refractivity contribution in [1.82, 2.24) is 30.8 Å². The van der Waals surface area contributed by atoms with Crippen molar-refractivity contribution in [1.29, 1.82) is 5.53 Å². The predicted octanol–water partition coefficient (Wildman–Crippen LogP) is 5.06. The molecule has 56 heavy (non-hydrogen) atoms. The third kappa shape index (κ3) is 14.0. The zero-order valence-corrected chi connectivity index (χ0v) is 32.9. The molecule has 2 fully saturated rings. The number of benzene rings is 2. The maximum absolute atomic E-state index is 13.0. The summed E-state index contributed by atoms with van der Waals surface area (Å²) in [6.07, 6.45) is 12.5. The Morgan fingerprint density at radius 3 is 2.50 bits per heavy atom. The Balaban J connectivity index is 1.04. The average Bonchev–Trinajstić information content (AvgIpc) is 3.24. The van der Waals surface area contributed by atoms with Crippen molar-refractivity contribution < 1.29 is 19.1 Å². The van der Waals surface area contributed by atoms with Gasteiger partial charge >= 0.3 is 5.97 Å². The molecule has 0 unspecified atom stereocenters. The number of nitrogens with zero attached hydrogens (tertiary/aromatic N) is 4. The smallest absolute Gasteiger partial charge is 0.323 e. The minimum absolute atomic E-state index is 0.0244. The number of amides is 1. The van der Waals surface area contributed by atoms with Gasteiger partial charge in [-0.25, -0.2) is 10.5 Å². The molecule has 2 heterocycles. The monoisotopic (exact) mass is 771 g/mol. The van der Waals surface area contributed by atoms with Crippen LogP contribution in [0.4, 0.5) is 11.8 Å². The van der Waals surface area contributed by atoms with Gasteiger partial charge in [0.2, 0.25) is 11.9 Å². The Morgan fingerprint density at radius 1 is 0.982 bits per heavy atom. The topological polar surface area (TPSA) is 204 Å². The highest BCUT2D eigenvalue weighted by Crippen LogP contribution is 2.28. The minimum Gasteiger partial charge on any atom is -0.497 e. The van der Waals surface area contributed by atoms with Crippen molar-refractivity contribution in [3.05, 3.63) is 66.0 Å². The van der Waals surface area contributed by atoms with Crippen LogP contribution >= 0.6 is 0 Å². The van der Waals surface area contributed by atoms with E-state index in [1.165, 1.54) is 32.1 Å².